The van der Waals surface area contributed by atoms with Crippen LogP contribution in [0.4, 0.5) is 11.4 Å². The monoisotopic (exact) mass is 517 g/mol. The average molecular weight is 518 g/mol. The fourth-order valence-corrected chi connectivity index (χ4v) is 5.77. The highest BCUT2D eigenvalue weighted by Gasteiger charge is 2.31. The van der Waals surface area contributed by atoms with Crippen molar-refractivity contribution in [2.45, 2.75) is 11.8 Å². The minimum absolute atomic E-state index is 0.0795. The number of hydrogen-bond acceptors (Lipinski definition) is 4. The summed E-state index contributed by atoms with van der Waals surface area (Å²) < 4.78 is 28.3. The van der Waals surface area contributed by atoms with Crippen LogP contribution in [-0.4, -0.2) is 51.9 Å². The van der Waals surface area contributed by atoms with Gasteiger partial charge in [-0.15, -0.1) is 0 Å². The average Bonchev–Trinajstić information content (AvgIpc) is 2.85. The van der Waals surface area contributed by atoms with Gasteiger partial charge in [-0.25, -0.2) is 8.42 Å². The van der Waals surface area contributed by atoms with Gasteiger partial charge in [-0.1, -0.05) is 65.2 Å². The summed E-state index contributed by atoms with van der Waals surface area (Å²) in [5, 5.41) is 0.300. The number of amides is 1. The summed E-state index contributed by atoms with van der Waals surface area (Å²) in [5.74, 6) is -0.292. The largest absolute Gasteiger partial charge is 0.368 e. The second-order valence-electron chi connectivity index (χ2n) is 8.10. The predicted molar refractivity (Wildman–Crippen MR) is 137 cm³/mol. The van der Waals surface area contributed by atoms with Crippen molar-refractivity contribution in [3.63, 3.8) is 0 Å². The molecule has 0 radical (unpaired) electrons. The summed E-state index contributed by atoms with van der Waals surface area (Å²) in [4.78, 5) is 17.3. The van der Waals surface area contributed by atoms with Crippen LogP contribution in [0.2, 0.25) is 10.0 Å². The van der Waals surface area contributed by atoms with Crippen molar-refractivity contribution in [1.82, 2.24) is 4.90 Å². The van der Waals surface area contributed by atoms with Gasteiger partial charge in [0.1, 0.15) is 6.54 Å². The van der Waals surface area contributed by atoms with Crippen LogP contribution < -0.4 is 9.21 Å². The highest BCUT2D eigenvalue weighted by molar-refractivity contribution is 7.92. The zero-order valence-corrected chi connectivity index (χ0v) is 21.0. The van der Waals surface area contributed by atoms with E-state index in [0.29, 0.717) is 26.2 Å². The molecule has 4 rings (SSSR count). The molecule has 0 N–H and O–H groups in total. The number of carbonyl (C=O) groups is 1. The third kappa shape index (κ3) is 5.17. The van der Waals surface area contributed by atoms with E-state index in [0.717, 1.165) is 15.6 Å². The molecule has 1 amide bonds. The van der Waals surface area contributed by atoms with Crippen molar-refractivity contribution in [1.29, 1.82) is 0 Å². The van der Waals surface area contributed by atoms with E-state index < -0.39 is 10.0 Å². The first kappa shape index (κ1) is 24.4. The molecule has 0 bridgehead atoms. The highest BCUT2D eigenvalue weighted by atomic mass is 35.5. The second kappa shape index (κ2) is 10.3. The van der Waals surface area contributed by atoms with Gasteiger partial charge >= 0.3 is 0 Å². The molecule has 1 aliphatic rings. The van der Waals surface area contributed by atoms with Crippen LogP contribution in [0, 0.1) is 6.92 Å². The van der Waals surface area contributed by atoms with Gasteiger partial charge in [-0.3, -0.25) is 9.10 Å². The number of nitrogens with zero attached hydrogens (tertiary/aromatic N) is 3. The van der Waals surface area contributed by atoms with Gasteiger partial charge in [0.2, 0.25) is 5.91 Å². The Kier molecular flexibility index (Phi) is 7.36. The maximum absolute atomic E-state index is 13.6. The maximum atomic E-state index is 13.6. The molecule has 1 aliphatic heterocycles. The Balaban J connectivity index is 1.58. The summed E-state index contributed by atoms with van der Waals surface area (Å²) in [5.41, 5.74) is 2.20. The molecule has 0 saturated carbocycles. The van der Waals surface area contributed by atoms with Crippen LogP contribution in [0.3, 0.4) is 0 Å². The standard InChI is InChI=1S/C25H25Cl2N3O3S/c1-19-10-12-21(13-11-19)34(32,33)30(23-9-5-8-22(26)25(23)27)18-24(31)29-16-14-28(15-17-29)20-6-3-2-4-7-20/h2-13H,14-18H2,1H3. The molecule has 3 aromatic carbocycles. The lowest BCUT2D eigenvalue weighted by Crippen LogP contribution is -2.52. The number of carbonyl (C=O) groups excluding carboxylic acids is 1. The lowest BCUT2D eigenvalue weighted by Gasteiger charge is -2.37. The Morgan fingerprint density at radius 3 is 2.18 bits per heavy atom. The van der Waals surface area contributed by atoms with E-state index >= 15 is 0 Å². The molecule has 6 nitrogen and oxygen atoms in total. The molecule has 34 heavy (non-hydrogen) atoms. The lowest BCUT2D eigenvalue weighted by molar-refractivity contribution is -0.129. The normalized spacial score (nSPS) is 14.2. The smallest absolute Gasteiger partial charge is 0.264 e. The van der Waals surface area contributed by atoms with E-state index in [1.165, 1.54) is 12.1 Å². The number of piperazine rings is 1. The SMILES string of the molecule is Cc1ccc(S(=O)(=O)N(CC(=O)N2CCN(c3ccccc3)CC2)c2cccc(Cl)c2Cl)cc1. The molecular weight excluding hydrogens is 493 g/mol. The van der Waals surface area contributed by atoms with E-state index in [2.05, 4.69) is 4.90 Å². The van der Waals surface area contributed by atoms with Crippen molar-refractivity contribution < 1.29 is 13.2 Å². The molecule has 0 aromatic heterocycles. The molecule has 1 fully saturated rings. The molecule has 1 saturated heterocycles. The summed E-state index contributed by atoms with van der Waals surface area (Å²) in [6.45, 7) is 3.82. The Morgan fingerprint density at radius 2 is 1.53 bits per heavy atom. The number of hydrogen-bond donors (Lipinski definition) is 0. The Labute approximate surface area is 210 Å². The van der Waals surface area contributed by atoms with E-state index in [1.807, 2.05) is 37.3 Å². The number of sulfonamides is 1. The molecular formula is C25H25Cl2N3O3S. The van der Waals surface area contributed by atoms with Gasteiger partial charge in [0.05, 0.1) is 20.6 Å². The van der Waals surface area contributed by atoms with Gasteiger partial charge in [-0.05, 0) is 43.3 Å². The Morgan fingerprint density at radius 1 is 0.882 bits per heavy atom. The fourth-order valence-electron chi connectivity index (χ4n) is 3.90. The highest BCUT2D eigenvalue weighted by Crippen LogP contribution is 2.35. The van der Waals surface area contributed by atoms with Gasteiger partial charge in [0, 0.05) is 31.9 Å². The van der Waals surface area contributed by atoms with Gasteiger partial charge in [0.25, 0.3) is 10.0 Å². The molecule has 0 spiro atoms. The van der Waals surface area contributed by atoms with E-state index in [1.54, 1.807) is 35.2 Å². The first-order valence-corrected chi connectivity index (χ1v) is 13.1. The molecule has 178 valence electrons. The number of aryl methyl sites for hydroxylation is 1. The van der Waals surface area contributed by atoms with Crippen molar-refractivity contribution in [3.8, 4) is 0 Å². The first-order valence-electron chi connectivity index (χ1n) is 10.9. The van der Waals surface area contributed by atoms with Crippen LogP contribution in [-0.2, 0) is 14.8 Å². The topological polar surface area (TPSA) is 60.9 Å². The van der Waals surface area contributed by atoms with E-state index in [-0.39, 0.29) is 33.1 Å². The summed E-state index contributed by atoms with van der Waals surface area (Å²) in [6.07, 6.45) is 0. The first-order chi connectivity index (χ1) is 16.3. The van der Waals surface area contributed by atoms with Crippen molar-refractivity contribution >= 4 is 50.5 Å². The van der Waals surface area contributed by atoms with Gasteiger partial charge in [-0.2, -0.15) is 0 Å². The van der Waals surface area contributed by atoms with Crippen molar-refractivity contribution in [2.75, 3.05) is 41.9 Å². The zero-order chi connectivity index (χ0) is 24.3. The van der Waals surface area contributed by atoms with Crippen molar-refractivity contribution in [2.24, 2.45) is 0 Å². The van der Waals surface area contributed by atoms with E-state index in [9.17, 15) is 13.2 Å². The summed E-state index contributed by atoms with van der Waals surface area (Å²) in [6, 6.07) is 21.2. The summed E-state index contributed by atoms with van der Waals surface area (Å²) >= 11 is 12.6. The number of anilines is 2. The molecule has 0 unspecified atom stereocenters. The molecule has 0 aliphatic carbocycles. The maximum Gasteiger partial charge on any atom is 0.264 e. The second-order valence-corrected chi connectivity index (χ2v) is 10.7. The number of benzene rings is 3. The zero-order valence-electron chi connectivity index (χ0n) is 18.7. The van der Waals surface area contributed by atoms with Crippen molar-refractivity contribution in [3.05, 3.63) is 88.4 Å². The van der Waals surface area contributed by atoms with Crippen LogP contribution in [0.5, 0.6) is 0 Å². The Hall–Kier alpha value is -2.74. The molecule has 3 aromatic rings. The molecule has 9 heteroatoms. The Bertz CT molecular complexity index is 1260. The molecule has 0 atom stereocenters. The molecule has 1 heterocycles. The van der Waals surface area contributed by atoms with Crippen LogP contribution >= 0.6 is 23.2 Å². The minimum atomic E-state index is -4.07. The quantitative estimate of drug-likeness (QED) is 0.469. The number of para-hydroxylation sites is 1. The van der Waals surface area contributed by atoms with Crippen LogP contribution in [0.25, 0.3) is 0 Å². The predicted octanol–water partition coefficient (Wildman–Crippen LogP) is 4.85. The third-order valence-electron chi connectivity index (χ3n) is 5.84. The van der Waals surface area contributed by atoms with E-state index in [4.69, 9.17) is 23.2 Å². The van der Waals surface area contributed by atoms with Gasteiger partial charge in [0.15, 0.2) is 0 Å². The van der Waals surface area contributed by atoms with Crippen LogP contribution in [0.15, 0.2) is 77.7 Å². The number of rotatable bonds is 6. The number of halogens is 2. The van der Waals surface area contributed by atoms with Crippen LogP contribution in [0.1, 0.15) is 5.56 Å². The lowest BCUT2D eigenvalue weighted by atomic mass is 10.2. The summed E-state index contributed by atoms with van der Waals surface area (Å²) in [7, 11) is -4.07. The van der Waals surface area contributed by atoms with Gasteiger partial charge < -0.3 is 9.80 Å². The fraction of sp³-hybridized carbons (Fsp3) is 0.240. The minimum Gasteiger partial charge on any atom is -0.368 e. The third-order valence-corrected chi connectivity index (χ3v) is 8.42.